The van der Waals surface area contributed by atoms with Crippen LogP contribution in [0.15, 0.2) is 54.6 Å². The molecule has 0 unspecified atom stereocenters. The van der Waals surface area contributed by atoms with Gasteiger partial charge in [-0.1, -0.05) is 42.5 Å². The van der Waals surface area contributed by atoms with Crippen molar-refractivity contribution in [3.05, 3.63) is 65.7 Å². The number of carbonyl (C=O) groups excluding carboxylic acids is 2. The van der Waals surface area contributed by atoms with Crippen molar-refractivity contribution in [1.82, 2.24) is 10.2 Å². The molecule has 32 heavy (non-hydrogen) atoms. The van der Waals surface area contributed by atoms with Crippen LogP contribution in [0, 0.1) is 0 Å². The first-order valence-corrected chi connectivity index (χ1v) is 11.2. The monoisotopic (exact) mass is 438 g/mol. The molecule has 0 aromatic heterocycles. The van der Waals surface area contributed by atoms with Gasteiger partial charge in [-0.3, -0.25) is 9.59 Å². The Morgan fingerprint density at radius 2 is 1.75 bits per heavy atom. The molecule has 0 aliphatic heterocycles. The molecule has 0 saturated heterocycles. The van der Waals surface area contributed by atoms with Crippen molar-refractivity contribution in [3.63, 3.8) is 0 Å². The summed E-state index contributed by atoms with van der Waals surface area (Å²) in [6.45, 7) is 2.05. The molecule has 2 aromatic rings. The maximum atomic E-state index is 13.0. The van der Waals surface area contributed by atoms with Gasteiger partial charge in [0.25, 0.3) is 0 Å². The Hall–Kier alpha value is -2.86. The van der Waals surface area contributed by atoms with Crippen LogP contribution in [0.2, 0.25) is 0 Å². The highest BCUT2D eigenvalue weighted by Crippen LogP contribution is 2.39. The van der Waals surface area contributed by atoms with Gasteiger partial charge in [0, 0.05) is 25.9 Å². The van der Waals surface area contributed by atoms with Crippen molar-refractivity contribution in [1.29, 1.82) is 0 Å². The van der Waals surface area contributed by atoms with E-state index in [0.717, 1.165) is 29.7 Å². The van der Waals surface area contributed by atoms with E-state index in [9.17, 15) is 14.7 Å². The van der Waals surface area contributed by atoms with Gasteiger partial charge in [-0.15, -0.1) is 0 Å². The lowest BCUT2D eigenvalue weighted by atomic mass is 9.74. The smallest absolute Gasteiger partial charge is 0.227 e. The van der Waals surface area contributed by atoms with E-state index in [2.05, 4.69) is 17.4 Å². The maximum Gasteiger partial charge on any atom is 0.227 e. The molecule has 3 rings (SSSR count). The molecule has 0 spiro atoms. The molecule has 6 heteroatoms. The number of likely N-dealkylation sites (N-methyl/N-ethyl adjacent to an activating group) is 1. The van der Waals surface area contributed by atoms with Crippen molar-refractivity contribution >= 4 is 11.8 Å². The first kappa shape index (κ1) is 23.8. The normalized spacial score (nSPS) is 23.1. The highest BCUT2D eigenvalue weighted by Gasteiger charge is 2.39. The first-order chi connectivity index (χ1) is 15.3. The van der Waals surface area contributed by atoms with E-state index >= 15 is 0 Å². The number of nitrogens with one attached hydrogen (secondary N) is 1. The molecule has 172 valence electrons. The topological polar surface area (TPSA) is 78.9 Å². The summed E-state index contributed by atoms with van der Waals surface area (Å²) in [6.07, 6.45) is 2.43. The van der Waals surface area contributed by atoms with E-state index in [0.29, 0.717) is 19.4 Å². The van der Waals surface area contributed by atoms with Gasteiger partial charge >= 0.3 is 0 Å². The second-order valence-electron chi connectivity index (χ2n) is 8.80. The van der Waals surface area contributed by atoms with Gasteiger partial charge in [0.15, 0.2) is 0 Å². The standard InChI is InChI=1S/C26H34N2O4/c1-19(29)27-18-26(21-7-5-4-6-8-21)15-13-23(24(30)14-16-26)28(2)25(31)17-20-9-11-22(32-3)12-10-20/h4-12,23-24,30H,13-18H2,1-3H3,(H,27,29)/t23-,24-,26-/m1/s1. The predicted octanol–water partition coefficient (Wildman–Crippen LogP) is 3.07. The molecular weight excluding hydrogens is 404 g/mol. The third-order valence-electron chi connectivity index (χ3n) is 6.75. The summed E-state index contributed by atoms with van der Waals surface area (Å²) >= 11 is 0. The van der Waals surface area contributed by atoms with Crippen LogP contribution in [0.5, 0.6) is 5.75 Å². The second-order valence-corrected chi connectivity index (χ2v) is 8.80. The van der Waals surface area contributed by atoms with Crippen molar-refractivity contribution in [2.75, 3.05) is 20.7 Å². The Labute approximate surface area is 190 Å². The molecule has 0 radical (unpaired) electrons. The molecule has 0 bridgehead atoms. The van der Waals surface area contributed by atoms with E-state index in [1.165, 1.54) is 6.92 Å². The van der Waals surface area contributed by atoms with Gasteiger partial charge < -0.3 is 20.1 Å². The van der Waals surface area contributed by atoms with Gasteiger partial charge in [0.1, 0.15) is 5.75 Å². The van der Waals surface area contributed by atoms with Gasteiger partial charge in [0.05, 0.1) is 25.7 Å². The van der Waals surface area contributed by atoms with E-state index in [1.807, 2.05) is 42.5 Å². The fourth-order valence-electron chi connectivity index (χ4n) is 4.69. The van der Waals surface area contributed by atoms with Gasteiger partial charge in [-0.25, -0.2) is 0 Å². The van der Waals surface area contributed by atoms with Crippen molar-refractivity contribution < 1.29 is 19.4 Å². The fraction of sp³-hybridized carbons (Fsp3) is 0.462. The lowest BCUT2D eigenvalue weighted by molar-refractivity contribution is -0.133. The number of nitrogens with zero attached hydrogens (tertiary/aromatic N) is 1. The number of rotatable bonds is 7. The molecule has 1 aliphatic carbocycles. The predicted molar refractivity (Wildman–Crippen MR) is 125 cm³/mol. The number of hydrogen-bond donors (Lipinski definition) is 2. The highest BCUT2D eigenvalue weighted by atomic mass is 16.5. The first-order valence-electron chi connectivity index (χ1n) is 11.2. The van der Waals surface area contributed by atoms with Crippen LogP contribution in [0.25, 0.3) is 0 Å². The molecule has 1 saturated carbocycles. The Kier molecular flexibility index (Phi) is 7.91. The molecule has 2 aromatic carbocycles. The maximum absolute atomic E-state index is 13.0. The van der Waals surface area contributed by atoms with Crippen LogP contribution in [0.4, 0.5) is 0 Å². The lowest BCUT2D eigenvalue weighted by Crippen LogP contribution is -2.45. The van der Waals surface area contributed by atoms with Gasteiger partial charge in [0.2, 0.25) is 11.8 Å². The van der Waals surface area contributed by atoms with Crippen LogP contribution in [0.3, 0.4) is 0 Å². The van der Waals surface area contributed by atoms with Crippen molar-refractivity contribution in [2.45, 2.75) is 56.6 Å². The SMILES string of the molecule is COc1ccc(CC(=O)N(C)[C@@H]2CC[C@@](CNC(C)=O)(c3ccccc3)CC[C@H]2O)cc1. The van der Waals surface area contributed by atoms with Crippen LogP contribution in [0.1, 0.15) is 43.7 Å². The van der Waals surface area contributed by atoms with Gasteiger partial charge in [-0.2, -0.15) is 0 Å². The molecule has 2 amide bonds. The minimum Gasteiger partial charge on any atom is -0.497 e. The number of hydrogen-bond acceptors (Lipinski definition) is 4. The fourth-order valence-corrected chi connectivity index (χ4v) is 4.69. The summed E-state index contributed by atoms with van der Waals surface area (Å²) in [6, 6.07) is 17.4. The minimum atomic E-state index is -0.609. The highest BCUT2D eigenvalue weighted by molar-refractivity contribution is 5.79. The molecule has 3 atom stereocenters. The molecule has 0 heterocycles. The number of carbonyl (C=O) groups is 2. The summed E-state index contributed by atoms with van der Waals surface area (Å²) in [5.41, 5.74) is 1.81. The Morgan fingerprint density at radius 3 is 2.38 bits per heavy atom. The minimum absolute atomic E-state index is 0.0201. The largest absolute Gasteiger partial charge is 0.497 e. The number of amides is 2. The number of aliphatic hydroxyl groups is 1. The summed E-state index contributed by atoms with van der Waals surface area (Å²) in [7, 11) is 3.39. The summed E-state index contributed by atoms with van der Waals surface area (Å²) in [4.78, 5) is 26.4. The van der Waals surface area contributed by atoms with Crippen LogP contribution in [-0.4, -0.2) is 54.7 Å². The van der Waals surface area contributed by atoms with Crippen LogP contribution >= 0.6 is 0 Å². The molecule has 1 aliphatic rings. The van der Waals surface area contributed by atoms with Crippen LogP contribution in [-0.2, 0) is 21.4 Å². The molecular formula is C26H34N2O4. The third kappa shape index (κ3) is 5.68. The van der Waals surface area contributed by atoms with E-state index in [4.69, 9.17) is 4.74 Å². The molecule has 2 N–H and O–H groups in total. The summed E-state index contributed by atoms with van der Waals surface area (Å²) in [5, 5.41) is 14.0. The number of methoxy groups -OCH3 is 1. The van der Waals surface area contributed by atoms with E-state index in [-0.39, 0.29) is 29.7 Å². The van der Waals surface area contributed by atoms with E-state index < -0.39 is 6.10 Å². The Bertz CT molecular complexity index is 900. The zero-order valence-corrected chi connectivity index (χ0v) is 19.2. The Balaban J connectivity index is 1.74. The second kappa shape index (κ2) is 10.6. The number of aliphatic hydroxyl groups excluding tert-OH is 1. The third-order valence-corrected chi connectivity index (χ3v) is 6.75. The average Bonchev–Trinajstić information content (AvgIpc) is 2.98. The van der Waals surface area contributed by atoms with Crippen LogP contribution < -0.4 is 10.1 Å². The van der Waals surface area contributed by atoms with Crippen molar-refractivity contribution in [2.24, 2.45) is 0 Å². The molecule has 1 fully saturated rings. The summed E-state index contributed by atoms with van der Waals surface area (Å²) < 4.78 is 5.18. The lowest BCUT2D eigenvalue weighted by Gasteiger charge is -2.34. The van der Waals surface area contributed by atoms with Gasteiger partial charge in [-0.05, 0) is 48.9 Å². The number of benzene rings is 2. The quantitative estimate of drug-likeness (QED) is 0.651. The molecule has 6 nitrogen and oxygen atoms in total. The zero-order chi connectivity index (χ0) is 23.1. The van der Waals surface area contributed by atoms with E-state index in [1.54, 1.807) is 19.1 Å². The average molecular weight is 439 g/mol. The number of ether oxygens (including phenoxy) is 1. The Morgan fingerprint density at radius 1 is 1.09 bits per heavy atom. The van der Waals surface area contributed by atoms with Crippen molar-refractivity contribution in [3.8, 4) is 5.75 Å². The zero-order valence-electron chi connectivity index (χ0n) is 19.2. The summed E-state index contributed by atoms with van der Waals surface area (Å²) in [5.74, 6) is 0.673.